The summed E-state index contributed by atoms with van der Waals surface area (Å²) in [6.45, 7) is 0.938. The first-order chi connectivity index (χ1) is 25.3. The number of hydrogen-bond acceptors (Lipinski definition) is 9. The molecule has 28 heteroatoms. The fraction of sp³-hybridized carbons (Fsp3) is 0.893. The molecule has 0 aliphatic heterocycles. The number of halogens is 19. The lowest BCUT2D eigenvalue weighted by atomic mass is 9.86. The van der Waals surface area contributed by atoms with Crippen LogP contribution in [0.5, 0.6) is 0 Å². The van der Waals surface area contributed by atoms with E-state index >= 15 is 0 Å². The third kappa shape index (κ3) is 12.6. The van der Waals surface area contributed by atoms with Crippen molar-refractivity contribution in [2.24, 2.45) is 0 Å². The highest BCUT2D eigenvalue weighted by Crippen LogP contribution is 2.65. The smallest absolute Gasteiger partial charge is 0.460 e. The summed E-state index contributed by atoms with van der Waals surface area (Å²) in [5.41, 5.74) is -0.523. The van der Waals surface area contributed by atoms with Crippen molar-refractivity contribution >= 4 is 5.97 Å². The Labute approximate surface area is 304 Å². The molecular weight excluding hydrogens is 841 g/mol. The first kappa shape index (κ1) is 53.6. The summed E-state index contributed by atoms with van der Waals surface area (Å²) in [6, 6.07) is 0. The van der Waals surface area contributed by atoms with Gasteiger partial charge in [-0.1, -0.05) is 6.58 Å². The third-order valence-electron chi connectivity index (χ3n) is 6.72. The molecule has 0 amide bonds. The summed E-state index contributed by atoms with van der Waals surface area (Å²) >= 11 is 0. The average Bonchev–Trinajstić information content (AvgIpc) is 3.06. The van der Waals surface area contributed by atoms with Crippen LogP contribution >= 0.6 is 0 Å². The highest BCUT2D eigenvalue weighted by molar-refractivity contribution is 5.86. The number of rotatable bonds is 30. The molecule has 1 N–H and O–H groups in total. The molecule has 0 spiro atoms. The van der Waals surface area contributed by atoms with Crippen LogP contribution in [0, 0.1) is 0 Å². The van der Waals surface area contributed by atoms with Gasteiger partial charge in [-0.05, 0) is 6.92 Å². The molecule has 0 bridgehead atoms. The predicted molar refractivity (Wildman–Crippen MR) is 147 cm³/mol. The molecule has 0 aliphatic carbocycles. The number of carbonyl (C=O) groups excluding carboxylic acids is 1. The van der Waals surface area contributed by atoms with E-state index in [9.17, 15) is 88.2 Å². The minimum atomic E-state index is -9.05. The first-order valence-corrected chi connectivity index (χ1v) is 15.3. The van der Waals surface area contributed by atoms with E-state index < -0.39 is 97.4 Å². The zero-order valence-electron chi connectivity index (χ0n) is 28.6. The lowest BCUT2D eigenvalue weighted by Crippen LogP contribution is -2.75. The molecule has 0 fully saturated rings. The monoisotopic (exact) mass is 876 g/mol. The van der Waals surface area contributed by atoms with Gasteiger partial charge in [-0.15, -0.1) is 0 Å². The van der Waals surface area contributed by atoms with Crippen molar-refractivity contribution in [3.05, 3.63) is 12.2 Å². The maximum Gasteiger partial charge on any atom is 0.460 e. The van der Waals surface area contributed by atoms with E-state index in [4.69, 9.17) is 28.8 Å². The molecule has 334 valence electrons. The normalized spacial score (nSPS) is 14.9. The molecule has 0 aliphatic rings. The van der Waals surface area contributed by atoms with Crippen molar-refractivity contribution in [1.29, 1.82) is 0 Å². The lowest BCUT2D eigenvalue weighted by Gasteiger charge is -2.44. The molecule has 0 aromatic rings. The topological polar surface area (TPSA) is 102 Å². The number of aliphatic hydroxyl groups is 1. The molecule has 0 saturated heterocycles. The minimum Gasteiger partial charge on any atom is -0.460 e. The summed E-state index contributed by atoms with van der Waals surface area (Å²) in [7, 11) is 0. The fourth-order valence-corrected chi connectivity index (χ4v) is 3.59. The molecule has 0 heterocycles. The first-order valence-electron chi connectivity index (χ1n) is 15.3. The number of carbonyl (C=O) groups is 1. The van der Waals surface area contributed by atoms with Gasteiger partial charge in [0.15, 0.2) is 0 Å². The Hall–Kier alpha value is -2.40. The fourth-order valence-electron chi connectivity index (χ4n) is 3.59. The minimum absolute atomic E-state index is 0.00531. The van der Waals surface area contributed by atoms with E-state index in [0.29, 0.717) is 0 Å². The van der Waals surface area contributed by atoms with Crippen molar-refractivity contribution < 1.29 is 126 Å². The average molecular weight is 877 g/mol. The van der Waals surface area contributed by atoms with Gasteiger partial charge in [-0.2, -0.15) is 83.4 Å². The highest BCUT2D eigenvalue weighted by atomic mass is 19.4. The quantitative estimate of drug-likeness (QED) is 0.0371. The van der Waals surface area contributed by atoms with Gasteiger partial charge in [0.05, 0.1) is 85.4 Å². The van der Waals surface area contributed by atoms with Gasteiger partial charge >= 0.3 is 59.5 Å². The van der Waals surface area contributed by atoms with Crippen LogP contribution in [0.4, 0.5) is 83.4 Å². The second-order valence-electron chi connectivity index (χ2n) is 11.1. The Morgan fingerprint density at radius 1 is 0.500 bits per heavy atom. The standard InChI is InChI=1S/C28H35F19O9/c1-17(2)19(49)56-16-18(55-14-13-54-12-11-53-10-9-52-8-7-51-6-5-50-4-3-48)15-20(29,30)21(31,32)22(33,34)23(35,36)24(37,38)25(39,40)26(41,42)27(43,44)28(45,46)47/h18,48H,1,3-16H2,2H3. The molecule has 0 saturated carbocycles. The van der Waals surface area contributed by atoms with Crippen LogP contribution in [0.25, 0.3) is 0 Å². The van der Waals surface area contributed by atoms with Gasteiger partial charge < -0.3 is 38.3 Å². The SMILES string of the molecule is C=C(C)C(=O)OCC(CC(F)(F)C(F)(F)C(F)(F)C(F)(F)C(F)(F)C(F)(F)C(F)(F)C(F)(F)C(F)(F)F)OCCOCCOCCOCCOCCOCCO. The second kappa shape index (κ2) is 21.0. The summed E-state index contributed by atoms with van der Waals surface area (Å²) in [6.07, 6.45) is -13.8. The van der Waals surface area contributed by atoms with E-state index in [1.165, 1.54) is 0 Å². The van der Waals surface area contributed by atoms with Gasteiger partial charge in [0, 0.05) is 12.0 Å². The zero-order valence-corrected chi connectivity index (χ0v) is 28.6. The van der Waals surface area contributed by atoms with E-state index in [2.05, 4.69) is 16.1 Å². The van der Waals surface area contributed by atoms with Crippen molar-refractivity contribution in [3.63, 3.8) is 0 Å². The largest absolute Gasteiger partial charge is 0.460 e. The zero-order chi connectivity index (χ0) is 44.1. The highest BCUT2D eigenvalue weighted by Gasteiger charge is 2.96. The van der Waals surface area contributed by atoms with E-state index in [1.807, 2.05) is 0 Å². The number of aliphatic hydroxyl groups excluding tert-OH is 1. The van der Waals surface area contributed by atoms with Crippen molar-refractivity contribution in [1.82, 2.24) is 0 Å². The summed E-state index contributed by atoms with van der Waals surface area (Å²) in [4.78, 5) is 11.6. The molecule has 0 aromatic carbocycles. The van der Waals surface area contributed by atoms with Crippen LogP contribution in [-0.2, 0) is 38.0 Å². The van der Waals surface area contributed by atoms with Crippen LogP contribution in [0.1, 0.15) is 13.3 Å². The third-order valence-corrected chi connectivity index (χ3v) is 6.72. The number of ether oxygens (including phenoxy) is 7. The Bertz CT molecular complexity index is 1200. The molecule has 1 atom stereocenters. The maximum absolute atomic E-state index is 14.6. The lowest BCUT2D eigenvalue weighted by molar-refractivity contribution is -0.469. The summed E-state index contributed by atoms with van der Waals surface area (Å²) in [5, 5.41) is 8.54. The summed E-state index contributed by atoms with van der Waals surface area (Å²) in [5.74, 6) is -69.3. The Balaban J connectivity index is 5.66. The molecular formula is C28H35F19O9. The number of esters is 1. The van der Waals surface area contributed by atoms with Crippen LogP contribution < -0.4 is 0 Å². The van der Waals surface area contributed by atoms with Gasteiger partial charge in [0.25, 0.3) is 0 Å². The molecule has 0 rings (SSSR count). The van der Waals surface area contributed by atoms with Crippen LogP contribution in [-0.4, -0.2) is 157 Å². The molecule has 1 unspecified atom stereocenters. The van der Waals surface area contributed by atoms with Crippen molar-refractivity contribution in [3.8, 4) is 0 Å². The maximum atomic E-state index is 14.6. The van der Waals surface area contributed by atoms with Gasteiger partial charge in [0.2, 0.25) is 0 Å². The van der Waals surface area contributed by atoms with Gasteiger partial charge in [-0.25, -0.2) is 4.79 Å². The van der Waals surface area contributed by atoms with Crippen LogP contribution in [0.2, 0.25) is 0 Å². The van der Waals surface area contributed by atoms with Crippen LogP contribution in [0.15, 0.2) is 12.2 Å². The predicted octanol–water partition coefficient (Wildman–Crippen LogP) is 6.60. The van der Waals surface area contributed by atoms with Crippen LogP contribution in [0.3, 0.4) is 0 Å². The second-order valence-corrected chi connectivity index (χ2v) is 11.1. The molecule has 9 nitrogen and oxygen atoms in total. The molecule has 0 aromatic heterocycles. The Kier molecular flexibility index (Phi) is 20.1. The van der Waals surface area contributed by atoms with E-state index in [-0.39, 0.29) is 66.1 Å². The van der Waals surface area contributed by atoms with E-state index in [1.54, 1.807) is 0 Å². The summed E-state index contributed by atoms with van der Waals surface area (Å²) < 4.78 is 294. The van der Waals surface area contributed by atoms with Gasteiger partial charge in [0.1, 0.15) is 6.61 Å². The van der Waals surface area contributed by atoms with E-state index in [0.717, 1.165) is 6.92 Å². The van der Waals surface area contributed by atoms with Crippen molar-refractivity contribution in [2.45, 2.75) is 73.0 Å². The molecule has 56 heavy (non-hydrogen) atoms. The molecule has 0 radical (unpaired) electrons. The number of alkyl halides is 19. The Morgan fingerprint density at radius 3 is 1.12 bits per heavy atom. The Morgan fingerprint density at radius 2 is 0.804 bits per heavy atom. The number of hydrogen-bond donors (Lipinski definition) is 1. The van der Waals surface area contributed by atoms with Gasteiger partial charge in [-0.3, -0.25) is 0 Å². The van der Waals surface area contributed by atoms with Crippen molar-refractivity contribution in [2.75, 3.05) is 85.9 Å².